The van der Waals surface area contributed by atoms with Crippen LogP contribution in [0.25, 0.3) is 11.6 Å². The van der Waals surface area contributed by atoms with Crippen molar-refractivity contribution in [3.8, 4) is 11.5 Å². The van der Waals surface area contributed by atoms with Gasteiger partial charge in [-0.3, -0.25) is 9.97 Å². The van der Waals surface area contributed by atoms with Gasteiger partial charge in [0, 0.05) is 16.7 Å². The van der Waals surface area contributed by atoms with E-state index in [0.29, 0.717) is 11.3 Å². The van der Waals surface area contributed by atoms with Crippen LogP contribution in [0.1, 0.15) is 33.9 Å². The van der Waals surface area contributed by atoms with Crippen LogP contribution >= 0.6 is 11.8 Å². The first-order valence-electron chi connectivity index (χ1n) is 9.25. The second kappa shape index (κ2) is 9.00. The monoisotopic (exact) mass is 422 g/mol. The Morgan fingerprint density at radius 2 is 1.53 bits per heavy atom. The molecule has 0 fully saturated rings. The number of aliphatic carboxylic acids is 1. The minimum absolute atomic E-state index is 0.0253. The highest BCUT2D eigenvalue weighted by atomic mass is 32.2. The van der Waals surface area contributed by atoms with E-state index in [-0.39, 0.29) is 22.6 Å². The van der Waals surface area contributed by atoms with Gasteiger partial charge in [-0.05, 0) is 62.2 Å². The van der Waals surface area contributed by atoms with Gasteiger partial charge in [-0.15, -0.1) is 11.8 Å². The lowest BCUT2D eigenvalue weighted by Gasteiger charge is -2.08. The zero-order valence-corrected chi connectivity index (χ0v) is 17.7. The molecule has 0 amide bonds. The summed E-state index contributed by atoms with van der Waals surface area (Å²) in [5, 5.41) is 28.8. The number of benzene rings is 2. The summed E-state index contributed by atoms with van der Waals surface area (Å²) in [5.41, 5.74) is 4.63. The van der Waals surface area contributed by atoms with Gasteiger partial charge in [-0.25, -0.2) is 4.79 Å². The van der Waals surface area contributed by atoms with E-state index in [1.54, 1.807) is 11.8 Å². The Balaban J connectivity index is 1.78. The summed E-state index contributed by atoms with van der Waals surface area (Å²) in [4.78, 5) is 21.8. The molecule has 0 aliphatic heterocycles. The summed E-state index contributed by atoms with van der Waals surface area (Å²) in [6.45, 7) is 5.85. The second-order valence-electron chi connectivity index (χ2n) is 6.89. The summed E-state index contributed by atoms with van der Waals surface area (Å²) in [6.07, 6.45) is 1.50. The molecule has 1 aromatic heterocycles. The number of thioether (sulfide) groups is 1. The number of phenols is 2. The van der Waals surface area contributed by atoms with Crippen molar-refractivity contribution in [3.63, 3.8) is 0 Å². The summed E-state index contributed by atoms with van der Waals surface area (Å²) in [5.74, 6) is -0.859. The zero-order valence-electron chi connectivity index (χ0n) is 16.9. The Kier molecular flexibility index (Phi) is 6.42. The molecular weight excluding hydrogens is 400 g/mol. The number of hydrogen-bond donors (Lipinski definition) is 3. The van der Waals surface area contributed by atoms with Gasteiger partial charge in [0.05, 0.1) is 28.3 Å². The molecule has 0 saturated carbocycles. The highest BCUT2D eigenvalue weighted by Crippen LogP contribution is 2.28. The molecule has 3 rings (SSSR count). The summed E-state index contributed by atoms with van der Waals surface area (Å²) < 4.78 is 0. The molecule has 0 spiro atoms. The molecule has 0 unspecified atom stereocenters. The van der Waals surface area contributed by atoms with Gasteiger partial charge >= 0.3 is 5.97 Å². The van der Waals surface area contributed by atoms with Gasteiger partial charge in [-0.1, -0.05) is 12.1 Å². The van der Waals surface area contributed by atoms with E-state index in [9.17, 15) is 20.1 Å². The van der Waals surface area contributed by atoms with E-state index >= 15 is 0 Å². The fourth-order valence-electron chi connectivity index (χ4n) is 2.90. The SMILES string of the molecule is Cc1nc(C)c(CSc2ccc(/C=C(/C(=O)O)c3cc(O)cc(O)c3)cc2)nc1C. The Hall–Kier alpha value is -3.32. The Morgan fingerprint density at radius 3 is 2.13 bits per heavy atom. The van der Waals surface area contributed by atoms with Crippen LogP contribution in [0.4, 0.5) is 0 Å². The minimum Gasteiger partial charge on any atom is -0.508 e. The molecule has 3 N–H and O–H groups in total. The maximum Gasteiger partial charge on any atom is 0.336 e. The minimum atomic E-state index is -1.15. The number of rotatable bonds is 6. The van der Waals surface area contributed by atoms with E-state index < -0.39 is 5.97 Å². The number of nitrogens with zero attached hydrogens (tertiary/aromatic N) is 2. The lowest BCUT2D eigenvalue weighted by Crippen LogP contribution is -2.01. The number of carbonyl (C=O) groups is 1. The van der Waals surface area contributed by atoms with E-state index in [1.807, 2.05) is 45.0 Å². The van der Waals surface area contributed by atoms with Crippen LogP contribution in [0.3, 0.4) is 0 Å². The molecule has 2 aromatic carbocycles. The topological polar surface area (TPSA) is 104 Å². The van der Waals surface area contributed by atoms with Crippen LogP contribution in [0.5, 0.6) is 11.5 Å². The van der Waals surface area contributed by atoms with Gasteiger partial charge < -0.3 is 15.3 Å². The molecule has 7 heteroatoms. The highest BCUT2D eigenvalue weighted by molar-refractivity contribution is 7.98. The van der Waals surface area contributed by atoms with Gasteiger partial charge in [0.25, 0.3) is 0 Å². The Morgan fingerprint density at radius 1 is 0.933 bits per heavy atom. The summed E-state index contributed by atoms with van der Waals surface area (Å²) >= 11 is 1.63. The standard InChI is InChI=1S/C23H22N2O4S/c1-13-14(2)25-22(15(3)24-13)12-30-20-6-4-16(5-7-20)8-21(23(28)29)17-9-18(26)11-19(27)10-17/h4-11,26-27H,12H2,1-3H3,(H,28,29)/b21-8+. The molecule has 3 aromatic rings. The fraction of sp³-hybridized carbons (Fsp3) is 0.174. The zero-order chi connectivity index (χ0) is 21.8. The van der Waals surface area contributed by atoms with E-state index in [2.05, 4.69) is 9.97 Å². The molecule has 1 heterocycles. The third kappa shape index (κ3) is 5.18. The largest absolute Gasteiger partial charge is 0.508 e. The molecule has 30 heavy (non-hydrogen) atoms. The van der Waals surface area contributed by atoms with Gasteiger partial charge in [0.15, 0.2) is 0 Å². The summed E-state index contributed by atoms with van der Waals surface area (Å²) in [7, 11) is 0. The van der Waals surface area contributed by atoms with Crippen molar-refractivity contribution in [3.05, 3.63) is 76.4 Å². The molecule has 6 nitrogen and oxygen atoms in total. The molecule has 0 aliphatic carbocycles. The van der Waals surface area contributed by atoms with E-state index in [0.717, 1.165) is 33.7 Å². The molecule has 154 valence electrons. The van der Waals surface area contributed by atoms with Crippen molar-refractivity contribution in [1.29, 1.82) is 0 Å². The van der Waals surface area contributed by atoms with Gasteiger partial charge in [-0.2, -0.15) is 0 Å². The third-order valence-corrected chi connectivity index (χ3v) is 5.61. The van der Waals surface area contributed by atoms with Gasteiger partial charge in [0.1, 0.15) is 11.5 Å². The van der Waals surface area contributed by atoms with Gasteiger partial charge in [0.2, 0.25) is 0 Å². The van der Waals surface area contributed by atoms with Crippen molar-refractivity contribution in [1.82, 2.24) is 9.97 Å². The quantitative estimate of drug-likeness (QED) is 0.300. The van der Waals surface area contributed by atoms with Crippen molar-refractivity contribution in [2.45, 2.75) is 31.4 Å². The lowest BCUT2D eigenvalue weighted by atomic mass is 10.0. The van der Waals surface area contributed by atoms with Crippen LogP contribution < -0.4 is 0 Å². The smallest absolute Gasteiger partial charge is 0.336 e. The van der Waals surface area contributed by atoms with Crippen LogP contribution in [-0.4, -0.2) is 31.3 Å². The average molecular weight is 423 g/mol. The number of aromatic hydroxyl groups is 2. The normalized spacial score (nSPS) is 11.5. The predicted octanol–water partition coefficient (Wildman–Crippen LogP) is 4.73. The molecule has 0 aliphatic rings. The number of aromatic nitrogens is 2. The number of phenolic OH excluding ortho intramolecular Hbond substituents is 2. The fourth-order valence-corrected chi connectivity index (χ4v) is 3.80. The first-order valence-corrected chi connectivity index (χ1v) is 10.2. The maximum atomic E-state index is 11.7. The lowest BCUT2D eigenvalue weighted by molar-refractivity contribution is -0.130. The summed E-state index contributed by atoms with van der Waals surface area (Å²) in [6, 6.07) is 11.2. The molecule has 0 atom stereocenters. The Labute approximate surface area is 179 Å². The molecule has 0 saturated heterocycles. The predicted molar refractivity (Wildman–Crippen MR) is 118 cm³/mol. The Bertz CT molecular complexity index is 1100. The van der Waals surface area contributed by atoms with Crippen LogP contribution in [0, 0.1) is 20.8 Å². The van der Waals surface area contributed by atoms with E-state index in [1.165, 1.54) is 18.2 Å². The van der Waals surface area contributed by atoms with Crippen molar-refractivity contribution in [2.75, 3.05) is 0 Å². The first-order chi connectivity index (χ1) is 14.2. The second-order valence-corrected chi connectivity index (χ2v) is 7.93. The van der Waals surface area contributed by atoms with Crippen molar-refractivity contribution >= 4 is 29.4 Å². The van der Waals surface area contributed by atoms with Crippen molar-refractivity contribution < 1.29 is 20.1 Å². The average Bonchev–Trinajstić information content (AvgIpc) is 2.67. The first kappa shape index (κ1) is 21.4. The van der Waals surface area contributed by atoms with Crippen LogP contribution in [0.15, 0.2) is 47.4 Å². The molecule has 0 radical (unpaired) electrons. The number of aryl methyl sites for hydroxylation is 3. The third-order valence-electron chi connectivity index (χ3n) is 4.59. The van der Waals surface area contributed by atoms with Crippen molar-refractivity contribution in [2.24, 2.45) is 0 Å². The molecular formula is C23H22N2O4S. The number of carboxylic acids is 1. The van der Waals surface area contributed by atoms with Crippen LogP contribution in [-0.2, 0) is 10.5 Å². The maximum absolute atomic E-state index is 11.7. The highest BCUT2D eigenvalue weighted by Gasteiger charge is 2.13. The number of carboxylic acid groups (broad SMARTS) is 1. The molecule has 0 bridgehead atoms. The van der Waals surface area contributed by atoms with Crippen LogP contribution in [0.2, 0.25) is 0 Å². The van der Waals surface area contributed by atoms with E-state index in [4.69, 9.17) is 0 Å². The number of hydrogen-bond acceptors (Lipinski definition) is 6.